The number of nitrogens with zero attached hydrogens (tertiary/aromatic N) is 2. The molecule has 1 aromatic rings. The number of ketones is 1. The van der Waals surface area contributed by atoms with Gasteiger partial charge in [-0.15, -0.1) is 13.2 Å². The van der Waals surface area contributed by atoms with Crippen LogP contribution in [-0.4, -0.2) is 29.9 Å². The summed E-state index contributed by atoms with van der Waals surface area (Å²) < 4.78 is 41.0. The first kappa shape index (κ1) is 16.5. The van der Waals surface area contributed by atoms with Crippen LogP contribution in [0.1, 0.15) is 12.5 Å². The number of aliphatic imine (C=N–C) groups is 1. The molecule has 114 valence electrons. The lowest BCUT2D eigenvalue weighted by Crippen LogP contribution is -2.18. The maximum Gasteiger partial charge on any atom is 0.573 e. The Labute approximate surface area is 118 Å². The maximum absolute atomic E-state index is 12.4. The molecule has 0 spiro atoms. The van der Waals surface area contributed by atoms with E-state index in [2.05, 4.69) is 14.7 Å². The van der Waals surface area contributed by atoms with Crippen LogP contribution in [0.25, 0.3) is 5.57 Å². The van der Waals surface area contributed by atoms with Crippen molar-refractivity contribution in [3.05, 3.63) is 24.0 Å². The number of nitrogen functional groups attached to an aromatic ring is 1. The zero-order valence-electron chi connectivity index (χ0n) is 11.0. The van der Waals surface area contributed by atoms with Gasteiger partial charge >= 0.3 is 6.36 Å². The molecule has 0 atom stereocenters. The minimum atomic E-state index is -4.89. The Morgan fingerprint density at radius 1 is 1.52 bits per heavy atom. The number of carbonyl (C=O) groups excluding carboxylic acids is 1. The van der Waals surface area contributed by atoms with E-state index in [1.807, 2.05) is 0 Å². The molecule has 0 unspecified atom stereocenters. The first-order valence-corrected chi connectivity index (χ1v) is 5.65. The second kappa shape index (κ2) is 6.73. The number of allylic oxidation sites excluding steroid dienone is 1. The number of pyridine rings is 1. The third-order valence-electron chi connectivity index (χ3n) is 2.15. The Balaban J connectivity index is 3.15. The molecule has 4 N–H and O–H groups in total. The van der Waals surface area contributed by atoms with Crippen molar-refractivity contribution in [3.63, 3.8) is 0 Å². The Morgan fingerprint density at radius 2 is 2.19 bits per heavy atom. The molecule has 0 aliphatic heterocycles. The van der Waals surface area contributed by atoms with Gasteiger partial charge < -0.3 is 16.2 Å². The van der Waals surface area contributed by atoms with Crippen LogP contribution in [0.4, 0.5) is 19.0 Å². The van der Waals surface area contributed by atoms with Crippen molar-refractivity contribution in [2.45, 2.75) is 13.3 Å². The Kier molecular flexibility index (Phi) is 5.28. The van der Waals surface area contributed by atoms with E-state index in [4.69, 9.17) is 11.5 Å². The molecule has 1 aromatic heterocycles. The number of aromatic nitrogens is 1. The summed E-state index contributed by atoms with van der Waals surface area (Å²) >= 11 is 0. The highest BCUT2D eigenvalue weighted by Gasteiger charge is 2.32. The summed E-state index contributed by atoms with van der Waals surface area (Å²) in [4.78, 5) is 18.2. The number of carbonyl (C=O) groups is 1. The van der Waals surface area contributed by atoms with E-state index in [0.29, 0.717) is 0 Å². The van der Waals surface area contributed by atoms with E-state index in [-0.39, 0.29) is 29.3 Å². The molecule has 0 aliphatic rings. The molecule has 0 fully saturated rings. The van der Waals surface area contributed by atoms with Gasteiger partial charge in [0.15, 0.2) is 5.78 Å². The Hall–Kier alpha value is -2.58. The quantitative estimate of drug-likeness (QED) is 0.803. The van der Waals surface area contributed by atoms with E-state index in [1.54, 1.807) is 0 Å². The molecule has 9 heteroatoms. The summed E-state index contributed by atoms with van der Waals surface area (Å²) in [5, 5.41) is 0. The van der Waals surface area contributed by atoms with Gasteiger partial charge in [-0.1, -0.05) is 0 Å². The number of anilines is 1. The summed E-state index contributed by atoms with van der Waals surface area (Å²) in [6.07, 6.45) is -1.62. The third-order valence-corrected chi connectivity index (χ3v) is 2.15. The first-order valence-electron chi connectivity index (χ1n) is 5.65. The second-order valence-corrected chi connectivity index (χ2v) is 3.95. The SMILES string of the molecule is CC(=O)CN=C/C(=C\N)c1cnc(N)cc1OC(F)(F)F. The van der Waals surface area contributed by atoms with Crippen LogP contribution in [0.3, 0.4) is 0 Å². The van der Waals surface area contributed by atoms with Gasteiger partial charge in [0, 0.05) is 35.8 Å². The average molecular weight is 302 g/mol. The van der Waals surface area contributed by atoms with Gasteiger partial charge in [0.2, 0.25) is 0 Å². The normalized spacial score (nSPS) is 12.7. The predicted molar refractivity (Wildman–Crippen MR) is 71.5 cm³/mol. The molecule has 0 bridgehead atoms. The third kappa shape index (κ3) is 5.51. The van der Waals surface area contributed by atoms with Crippen LogP contribution in [0.15, 0.2) is 23.5 Å². The Bertz CT molecular complexity index is 582. The molecule has 0 amide bonds. The first-order chi connectivity index (χ1) is 9.73. The lowest BCUT2D eigenvalue weighted by Gasteiger charge is -2.13. The van der Waals surface area contributed by atoms with E-state index < -0.39 is 12.1 Å². The minimum Gasteiger partial charge on any atom is -0.405 e. The van der Waals surface area contributed by atoms with Crippen LogP contribution in [0, 0.1) is 0 Å². The highest BCUT2D eigenvalue weighted by Crippen LogP contribution is 2.30. The summed E-state index contributed by atoms with van der Waals surface area (Å²) in [6, 6.07) is 0.922. The molecule has 21 heavy (non-hydrogen) atoms. The lowest BCUT2D eigenvalue weighted by molar-refractivity contribution is -0.274. The number of rotatable bonds is 5. The zero-order chi connectivity index (χ0) is 16.0. The molecule has 0 aromatic carbocycles. The number of halogens is 3. The average Bonchev–Trinajstić information content (AvgIpc) is 2.33. The Morgan fingerprint density at radius 3 is 2.71 bits per heavy atom. The van der Waals surface area contributed by atoms with Crippen molar-refractivity contribution in [2.75, 3.05) is 12.3 Å². The molecule has 1 heterocycles. The summed E-state index contributed by atoms with van der Waals surface area (Å²) in [5.74, 6) is -0.902. The van der Waals surface area contributed by atoms with Crippen molar-refractivity contribution < 1.29 is 22.7 Å². The van der Waals surface area contributed by atoms with E-state index in [9.17, 15) is 18.0 Å². The van der Waals surface area contributed by atoms with E-state index in [0.717, 1.165) is 24.7 Å². The fraction of sp³-hybridized carbons (Fsp3) is 0.250. The molecule has 6 nitrogen and oxygen atoms in total. The topological polar surface area (TPSA) is 104 Å². The molecule has 0 saturated carbocycles. The molecular weight excluding hydrogens is 289 g/mol. The molecular formula is C12H13F3N4O2. The molecule has 0 aliphatic carbocycles. The van der Waals surface area contributed by atoms with Gasteiger partial charge in [0.1, 0.15) is 11.6 Å². The summed E-state index contributed by atoms with van der Waals surface area (Å²) in [5.41, 5.74) is 10.8. The lowest BCUT2D eigenvalue weighted by atomic mass is 10.1. The van der Waals surface area contributed by atoms with Crippen LogP contribution >= 0.6 is 0 Å². The van der Waals surface area contributed by atoms with E-state index >= 15 is 0 Å². The number of hydrogen-bond donors (Lipinski definition) is 2. The highest BCUT2D eigenvalue weighted by molar-refractivity contribution is 6.11. The van der Waals surface area contributed by atoms with Gasteiger partial charge in [-0.2, -0.15) is 0 Å². The van der Waals surface area contributed by atoms with Gasteiger partial charge in [0.25, 0.3) is 0 Å². The number of ether oxygens (including phenoxy) is 1. The zero-order valence-corrected chi connectivity index (χ0v) is 11.0. The van der Waals surface area contributed by atoms with E-state index in [1.165, 1.54) is 6.92 Å². The second-order valence-electron chi connectivity index (χ2n) is 3.95. The van der Waals surface area contributed by atoms with Gasteiger partial charge in [-0.3, -0.25) is 9.79 Å². The van der Waals surface area contributed by atoms with Crippen molar-refractivity contribution in [2.24, 2.45) is 10.7 Å². The molecule has 0 radical (unpaired) electrons. The van der Waals surface area contributed by atoms with Gasteiger partial charge in [0.05, 0.1) is 6.54 Å². The van der Waals surface area contributed by atoms with Crippen LogP contribution in [-0.2, 0) is 4.79 Å². The summed E-state index contributed by atoms with van der Waals surface area (Å²) in [6.45, 7) is 1.21. The minimum absolute atomic E-state index is 0.0451. The molecule has 0 saturated heterocycles. The van der Waals surface area contributed by atoms with Crippen molar-refractivity contribution in [3.8, 4) is 5.75 Å². The summed E-state index contributed by atoms with van der Waals surface area (Å²) in [7, 11) is 0. The van der Waals surface area contributed by atoms with Crippen molar-refractivity contribution in [1.29, 1.82) is 0 Å². The number of hydrogen-bond acceptors (Lipinski definition) is 6. The largest absolute Gasteiger partial charge is 0.573 e. The van der Waals surface area contributed by atoms with Crippen molar-refractivity contribution in [1.82, 2.24) is 4.98 Å². The maximum atomic E-state index is 12.4. The number of nitrogens with two attached hydrogens (primary N) is 2. The van der Waals surface area contributed by atoms with Crippen LogP contribution in [0.2, 0.25) is 0 Å². The molecule has 1 rings (SSSR count). The van der Waals surface area contributed by atoms with Gasteiger partial charge in [-0.25, -0.2) is 4.98 Å². The van der Waals surface area contributed by atoms with Crippen molar-refractivity contribution >= 4 is 23.4 Å². The predicted octanol–water partition coefficient (Wildman–Crippen LogP) is 1.52. The standard InChI is InChI=1S/C12H13F3N4O2/c1-7(20)4-18-5-8(3-16)9-6-19-11(17)2-10(9)21-12(13,14)15/h2-3,5-6H,4,16H2,1H3,(H2,17,19)/b8-3+,18-5?. The fourth-order valence-corrected chi connectivity index (χ4v) is 1.35. The van der Waals surface area contributed by atoms with Crippen LogP contribution < -0.4 is 16.2 Å². The smallest absolute Gasteiger partial charge is 0.405 e. The fourth-order valence-electron chi connectivity index (χ4n) is 1.35. The number of Topliss-reactive ketones (excluding diaryl/α,β-unsaturated/α-hetero) is 1. The monoisotopic (exact) mass is 302 g/mol. The number of alkyl halides is 3. The van der Waals surface area contributed by atoms with Crippen LogP contribution in [0.5, 0.6) is 5.75 Å². The highest BCUT2D eigenvalue weighted by atomic mass is 19.4. The van der Waals surface area contributed by atoms with Gasteiger partial charge in [-0.05, 0) is 6.92 Å².